The summed E-state index contributed by atoms with van der Waals surface area (Å²) in [6.45, 7) is 0. The van der Waals surface area contributed by atoms with Crippen molar-refractivity contribution in [1.29, 1.82) is 0 Å². The highest BCUT2D eigenvalue weighted by atomic mass is 35.5. The van der Waals surface area contributed by atoms with Gasteiger partial charge in [-0.15, -0.1) is 0 Å². The molecule has 2 rings (SSSR count). The van der Waals surface area contributed by atoms with Crippen LogP contribution in [0.25, 0.3) is 0 Å². The molecule has 1 atom stereocenters. The first-order valence-electron chi connectivity index (χ1n) is 6.23. The molecule has 2 amide bonds. The zero-order valence-electron chi connectivity index (χ0n) is 11.0. The van der Waals surface area contributed by atoms with Crippen LogP contribution < -0.4 is 16.4 Å². The summed E-state index contributed by atoms with van der Waals surface area (Å²) in [4.78, 5) is 12.2. The van der Waals surface area contributed by atoms with Crippen molar-refractivity contribution in [2.45, 2.75) is 6.04 Å². The monoisotopic (exact) mass is 319 g/mol. The molecule has 2 aromatic carbocycles. The number of thiocarbonyl (C=S) groups is 1. The van der Waals surface area contributed by atoms with Gasteiger partial charge in [-0.2, -0.15) is 0 Å². The minimum atomic E-state index is -0.520. The van der Waals surface area contributed by atoms with E-state index in [4.69, 9.17) is 29.6 Å². The number of rotatable bonds is 4. The standard InChI is InChI=1S/C15H14ClN3OS/c16-11-6-8-12(9-7-11)18-15(20)19-13(14(17)21)10-4-2-1-3-5-10/h1-9,13H,(H2,17,21)(H2,18,19,20). The lowest BCUT2D eigenvalue weighted by molar-refractivity contribution is 0.251. The van der Waals surface area contributed by atoms with Crippen LogP contribution in [0.2, 0.25) is 5.02 Å². The van der Waals surface area contributed by atoms with Gasteiger partial charge in [0.25, 0.3) is 0 Å². The molecule has 108 valence electrons. The van der Waals surface area contributed by atoms with Crippen molar-refractivity contribution in [3.63, 3.8) is 0 Å². The Labute approximate surface area is 133 Å². The average molecular weight is 320 g/mol. The highest BCUT2D eigenvalue weighted by Crippen LogP contribution is 2.15. The highest BCUT2D eigenvalue weighted by Gasteiger charge is 2.17. The maximum absolute atomic E-state index is 12.0. The summed E-state index contributed by atoms with van der Waals surface area (Å²) < 4.78 is 0. The topological polar surface area (TPSA) is 67.1 Å². The molecule has 6 heteroatoms. The molecule has 0 fully saturated rings. The number of urea groups is 1. The number of hydrogen-bond donors (Lipinski definition) is 3. The van der Waals surface area contributed by atoms with E-state index in [1.807, 2.05) is 30.3 Å². The lowest BCUT2D eigenvalue weighted by Crippen LogP contribution is -2.38. The van der Waals surface area contributed by atoms with Crippen molar-refractivity contribution in [1.82, 2.24) is 5.32 Å². The zero-order chi connectivity index (χ0) is 15.2. The molecule has 0 saturated carbocycles. The number of halogens is 1. The molecular formula is C15H14ClN3OS. The van der Waals surface area contributed by atoms with E-state index in [0.29, 0.717) is 10.7 Å². The first kappa shape index (κ1) is 15.3. The van der Waals surface area contributed by atoms with Crippen molar-refractivity contribution in [2.75, 3.05) is 5.32 Å². The second-order valence-corrected chi connectivity index (χ2v) is 5.26. The normalized spacial score (nSPS) is 11.5. The fourth-order valence-electron chi connectivity index (χ4n) is 1.80. The molecule has 0 heterocycles. The van der Waals surface area contributed by atoms with Crippen LogP contribution in [-0.2, 0) is 0 Å². The van der Waals surface area contributed by atoms with Gasteiger partial charge in [-0.25, -0.2) is 4.79 Å². The maximum atomic E-state index is 12.0. The molecule has 21 heavy (non-hydrogen) atoms. The Bertz CT molecular complexity index is 631. The molecule has 0 aliphatic rings. The van der Waals surface area contributed by atoms with Gasteiger partial charge in [0.15, 0.2) is 0 Å². The van der Waals surface area contributed by atoms with Crippen molar-refractivity contribution in [3.8, 4) is 0 Å². The molecule has 2 aromatic rings. The molecule has 1 unspecified atom stereocenters. The number of nitrogens with two attached hydrogens (primary N) is 1. The number of benzene rings is 2. The van der Waals surface area contributed by atoms with Crippen LogP contribution in [0.4, 0.5) is 10.5 Å². The molecule has 0 aliphatic heterocycles. The molecule has 4 nitrogen and oxygen atoms in total. The first-order chi connectivity index (χ1) is 10.1. The molecule has 0 bridgehead atoms. The molecule has 0 spiro atoms. The number of anilines is 1. The van der Waals surface area contributed by atoms with Gasteiger partial charge in [0.2, 0.25) is 0 Å². The summed E-state index contributed by atoms with van der Waals surface area (Å²) in [5.74, 6) is 0. The van der Waals surface area contributed by atoms with Crippen molar-refractivity contribution >= 4 is 40.5 Å². The average Bonchev–Trinajstić information content (AvgIpc) is 2.48. The molecular weight excluding hydrogens is 306 g/mol. The van der Waals surface area contributed by atoms with Gasteiger partial charge >= 0.3 is 6.03 Å². The van der Waals surface area contributed by atoms with E-state index >= 15 is 0 Å². The Kier molecular flexibility index (Phi) is 5.14. The van der Waals surface area contributed by atoms with Gasteiger partial charge in [0.05, 0.1) is 0 Å². The van der Waals surface area contributed by atoms with E-state index in [9.17, 15) is 4.79 Å². The van der Waals surface area contributed by atoms with E-state index in [-0.39, 0.29) is 11.0 Å². The summed E-state index contributed by atoms with van der Waals surface area (Å²) in [5, 5.41) is 6.05. The molecule has 0 radical (unpaired) electrons. The quantitative estimate of drug-likeness (QED) is 0.756. The molecule has 0 aromatic heterocycles. The third-order valence-corrected chi connectivity index (χ3v) is 3.28. The third kappa shape index (κ3) is 4.44. The van der Waals surface area contributed by atoms with Gasteiger partial charge < -0.3 is 16.4 Å². The number of hydrogen-bond acceptors (Lipinski definition) is 2. The summed E-state index contributed by atoms with van der Waals surface area (Å²) >= 11 is 10.8. The van der Waals surface area contributed by atoms with Crippen LogP contribution in [0.3, 0.4) is 0 Å². The second kappa shape index (κ2) is 7.06. The molecule has 0 saturated heterocycles. The maximum Gasteiger partial charge on any atom is 0.320 e. The van der Waals surface area contributed by atoms with Gasteiger partial charge in [-0.1, -0.05) is 54.2 Å². The van der Waals surface area contributed by atoms with E-state index in [1.165, 1.54) is 0 Å². The Morgan fingerprint density at radius 1 is 1.10 bits per heavy atom. The van der Waals surface area contributed by atoms with Crippen LogP contribution in [0.1, 0.15) is 11.6 Å². The first-order valence-corrected chi connectivity index (χ1v) is 7.02. The van der Waals surface area contributed by atoms with Crippen LogP contribution in [-0.4, -0.2) is 11.0 Å². The predicted octanol–water partition coefficient (Wildman–Crippen LogP) is 3.49. The minimum Gasteiger partial charge on any atom is -0.391 e. The Balaban J connectivity index is 2.05. The summed E-state index contributed by atoms with van der Waals surface area (Å²) in [5.41, 5.74) is 7.16. The van der Waals surface area contributed by atoms with E-state index in [1.54, 1.807) is 24.3 Å². The number of amides is 2. The second-order valence-electron chi connectivity index (χ2n) is 4.35. The smallest absolute Gasteiger partial charge is 0.320 e. The van der Waals surface area contributed by atoms with Crippen LogP contribution in [0.5, 0.6) is 0 Å². The largest absolute Gasteiger partial charge is 0.391 e. The number of carbonyl (C=O) groups is 1. The Morgan fingerprint density at radius 2 is 1.71 bits per heavy atom. The summed E-state index contributed by atoms with van der Waals surface area (Å²) in [7, 11) is 0. The van der Waals surface area contributed by atoms with Gasteiger partial charge in [-0.05, 0) is 29.8 Å². The predicted molar refractivity (Wildman–Crippen MR) is 89.6 cm³/mol. The zero-order valence-corrected chi connectivity index (χ0v) is 12.6. The summed E-state index contributed by atoms with van der Waals surface area (Å²) in [6.07, 6.45) is 0. The SMILES string of the molecule is NC(=S)C(NC(=O)Nc1ccc(Cl)cc1)c1ccccc1. The number of nitrogens with one attached hydrogen (secondary N) is 2. The van der Waals surface area contributed by atoms with E-state index < -0.39 is 6.04 Å². The van der Waals surface area contributed by atoms with Crippen molar-refractivity contribution < 1.29 is 4.79 Å². The fraction of sp³-hybridized carbons (Fsp3) is 0.0667. The minimum absolute atomic E-state index is 0.201. The lowest BCUT2D eigenvalue weighted by Gasteiger charge is -2.18. The lowest BCUT2D eigenvalue weighted by atomic mass is 10.1. The van der Waals surface area contributed by atoms with E-state index in [2.05, 4.69) is 10.6 Å². The number of carbonyl (C=O) groups excluding carboxylic acids is 1. The molecule has 4 N–H and O–H groups in total. The Morgan fingerprint density at radius 3 is 2.29 bits per heavy atom. The van der Waals surface area contributed by atoms with Crippen molar-refractivity contribution in [3.05, 3.63) is 65.2 Å². The third-order valence-electron chi connectivity index (χ3n) is 2.79. The van der Waals surface area contributed by atoms with Crippen LogP contribution >= 0.6 is 23.8 Å². The fourth-order valence-corrected chi connectivity index (χ4v) is 2.12. The molecule has 0 aliphatic carbocycles. The van der Waals surface area contributed by atoms with Crippen LogP contribution in [0, 0.1) is 0 Å². The van der Waals surface area contributed by atoms with E-state index in [0.717, 1.165) is 5.56 Å². The van der Waals surface area contributed by atoms with Crippen LogP contribution in [0.15, 0.2) is 54.6 Å². The Hall–Kier alpha value is -2.11. The van der Waals surface area contributed by atoms with Gasteiger partial charge in [0, 0.05) is 10.7 Å². The summed E-state index contributed by atoms with van der Waals surface area (Å²) in [6, 6.07) is 15.2. The highest BCUT2D eigenvalue weighted by molar-refractivity contribution is 7.80. The van der Waals surface area contributed by atoms with Gasteiger partial charge in [-0.3, -0.25) is 0 Å². The van der Waals surface area contributed by atoms with Crippen molar-refractivity contribution in [2.24, 2.45) is 5.73 Å². The van der Waals surface area contributed by atoms with Gasteiger partial charge in [0.1, 0.15) is 11.0 Å².